The summed E-state index contributed by atoms with van der Waals surface area (Å²) in [6.45, 7) is 4.20. The Hall–Kier alpha value is -2.11. The number of carboxylic acid groups (broad SMARTS) is 1. The van der Waals surface area contributed by atoms with Crippen LogP contribution in [0.15, 0.2) is 24.3 Å². The van der Waals surface area contributed by atoms with Crippen LogP contribution < -0.4 is 0 Å². The molecule has 23 heavy (non-hydrogen) atoms. The maximum Gasteiger partial charge on any atom is 0.308 e. The molecule has 0 saturated carbocycles. The van der Waals surface area contributed by atoms with Crippen molar-refractivity contribution in [2.24, 2.45) is 0 Å². The minimum Gasteiger partial charge on any atom is -0.481 e. The number of thiophene rings is 1. The summed E-state index contributed by atoms with van der Waals surface area (Å²) in [5.74, 6) is -0.827. The number of hydrogen-bond acceptors (Lipinski definition) is 3. The maximum atomic E-state index is 10.9. The highest BCUT2D eigenvalue weighted by atomic mass is 32.1. The number of fused-ring (bicyclic) bond motifs is 1. The molecule has 3 aromatic rings. The molecule has 1 aromatic carbocycles. The van der Waals surface area contributed by atoms with E-state index in [1.165, 1.54) is 22.5 Å². The van der Waals surface area contributed by atoms with Crippen molar-refractivity contribution in [3.05, 3.63) is 45.8 Å². The molecule has 0 aliphatic carbocycles. The van der Waals surface area contributed by atoms with E-state index in [2.05, 4.69) is 37.0 Å². The molecule has 2 aromatic heterocycles. The largest absolute Gasteiger partial charge is 0.481 e. The topological polar surface area (TPSA) is 73.3 Å². The van der Waals surface area contributed by atoms with Crippen molar-refractivity contribution in [1.82, 2.24) is 4.98 Å². The molecule has 0 unspecified atom stereocenters. The standard InChI is InChI=1S/C18H19NO3S/c1-10-5-11(2)7-12(6-10)17-14(3-4-20)15-8-13(9-16(21)22)23-18(15)19-17/h5-8,19-20H,3-4,9H2,1-2H3,(H,21,22). The molecular weight excluding hydrogens is 310 g/mol. The first-order chi connectivity index (χ1) is 11.0. The predicted molar refractivity (Wildman–Crippen MR) is 93.2 cm³/mol. The van der Waals surface area contributed by atoms with Crippen LogP contribution in [0.2, 0.25) is 0 Å². The number of aliphatic hydroxyl groups excluding tert-OH is 1. The second-order valence-corrected chi connectivity index (χ2v) is 6.99. The Morgan fingerprint density at radius 3 is 2.48 bits per heavy atom. The summed E-state index contributed by atoms with van der Waals surface area (Å²) in [5.41, 5.74) is 5.57. The van der Waals surface area contributed by atoms with Crippen molar-refractivity contribution in [1.29, 1.82) is 0 Å². The highest BCUT2D eigenvalue weighted by Gasteiger charge is 2.17. The Labute approximate surface area is 138 Å². The first-order valence-corrected chi connectivity index (χ1v) is 8.34. The summed E-state index contributed by atoms with van der Waals surface area (Å²) in [7, 11) is 0. The number of aliphatic carboxylic acids is 1. The minimum absolute atomic E-state index is 0.0324. The molecule has 0 radical (unpaired) electrons. The molecule has 4 nitrogen and oxygen atoms in total. The highest BCUT2D eigenvalue weighted by molar-refractivity contribution is 7.18. The van der Waals surface area contributed by atoms with E-state index in [0.717, 1.165) is 31.9 Å². The Kier molecular flexibility index (Phi) is 4.24. The molecule has 0 aliphatic heterocycles. The quantitative estimate of drug-likeness (QED) is 0.668. The number of hydrogen-bond donors (Lipinski definition) is 3. The van der Waals surface area contributed by atoms with Crippen molar-refractivity contribution in [3.8, 4) is 11.3 Å². The Morgan fingerprint density at radius 1 is 1.17 bits per heavy atom. The first kappa shape index (κ1) is 15.8. The van der Waals surface area contributed by atoms with Gasteiger partial charge in [-0.2, -0.15) is 0 Å². The van der Waals surface area contributed by atoms with E-state index in [0.29, 0.717) is 6.42 Å². The number of aromatic nitrogens is 1. The van der Waals surface area contributed by atoms with E-state index in [4.69, 9.17) is 5.11 Å². The van der Waals surface area contributed by atoms with Crippen LogP contribution in [-0.2, 0) is 17.6 Å². The van der Waals surface area contributed by atoms with Crippen molar-refractivity contribution in [3.63, 3.8) is 0 Å². The molecule has 0 atom stereocenters. The van der Waals surface area contributed by atoms with Crippen LogP contribution in [0.25, 0.3) is 21.5 Å². The second-order valence-electron chi connectivity index (χ2n) is 5.85. The van der Waals surface area contributed by atoms with Gasteiger partial charge in [0, 0.05) is 16.9 Å². The van der Waals surface area contributed by atoms with Crippen molar-refractivity contribution < 1.29 is 15.0 Å². The third kappa shape index (κ3) is 3.16. The van der Waals surface area contributed by atoms with Gasteiger partial charge in [-0.25, -0.2) is 0 Å². The first-order valence-electron chi connectivity index (χ1n) is 7.52. The number of rotatable bonds is 5. The Balaban J connectivity index is 2.14. The number of aromatic amines is 1. The average molecular weight is 329 g/mol. The summed E-state index contributed by atoms with van der Waals surface area (Å²) in [5, 5.41) is 19.4. The second kappa shape index (κ2) is 6.18. The van der Waals surface area contributed by atoms with Gasteiger partial charge in [-0.05, 0) is 49.6 Å². The summed E-state index contributed by atoms with van der Waals surface area (Å²) in [6.07, 6.45) is 0.580. The number of carboxylic acids is 1. The van der Waals surface area contributed by atoms with Crippen LogP contribution in [0.5, 0.6) is 0 Å². The molecule has 2 heterocycles. The average Bonchev–Trinajstić information content (AvgIpc) is 2.96. The number of aliphatic hydroxyl groups is 1. The van der Waals surface area contributed by atoms with Crippen LogP contribution in [0.3, 0.4) is 0 Å². The van der Waals surface area contributed by atoms with Crippen molar-refractivity contribution in [2.75, 3.05) is 6.61 Å². The number of carbonyl (C=O) groups is 1. The van der Waals surface area contributed by atoms with Crippen LogP contribution in [0, 0.1) is 13.8 Å². The SMILES string of the molecule is Cc1cc(C)cc(-c2[nH]c3sc(CC(=O)O)cc3c2CCO)c1. The van der Waals surface area contributed by atoms with E-state index < -0.39 is 5.97 Å². The molecule has 0 spiro atoms. The predicted octanol–water partition coefficient (Wildman–Crippen LogP) is 3.68. The van der Waals surface area contributed by atoms with Gasteiger partial charge in [0.1, 0.15) is 4.83 Å². The van der Waals surface area contributed by atoms with Gasteiger partial charge in [0.2, 0.25) is 0 Å². The van der Waals surface area contributed by atoms with Crippen LogP contribution in [0.1, 0.15) is 21.6 Å². The van der Waals surface area contributed by atoms with E-state index >= 15 is 0 Å². The fraction of sp³-hybridized carbons (Fsp3) is 0.278. The molecule has 5 heteroatoms. The molecule has 0 aliphatic rings. The molecule has 3 N–H and O–H groups in total. The van der Waals surface area contributed by atoms with Gasteiger partial charge < -0.3 is 15.2 Å². The van der Waals surface area contributed by atoms with Gasteiger partial charge in [-0.1, -0.05) is 17.2 Å². The van der Waals surface area contributed by atoms with E-state index in [-0.39, 0.29) is 13.0 Å². The zero-order valence-electron chi connectivity index (χ0n) is 13.1. The molecule has 0 fully saturated rings. The monoisotopic (exact) mass is 329 g/mol. The Bertz CT molecular complexity index is 856. The Morgan fingerprint density at radius 2 is 1.87 bits per heavy atom. The van der Waals surface area contributed by atoms with Gasteiger partial charge in [-0.15, -0.1) is 11.3 Å². The highest BCUT2D eigenvalue weighted by Crippen LogP contribution is 2.36. The van der Waals surface area contributed by atoms with Crippen molar-refractivity contribution >= 4 is 27.5 Å². The van der Waals surface area contributed by atoms with E-state index in [9.17, 15) is 9.90 Å². The van der Waals surface area contributed by atoms with Crippen LogP contribution in [0.4, 0.5) is 0 Å². The van der Waals surface area contributed by atoms with Gasteiger partial charge in [0.25, 0.3) is 0 Å². The minimum atomic E-state index is -0.827. The lowest BCUT2D eigenvalue weighted by molar-refractivity contribution is -0.136. The van der Waals surface area contributed by atoms with E-state index in [1.807, 2.05) is 6.07 Å². The summed E-state index contributed by atoms with van der Waals surface area (Å²) < 4.78 is 0. The van der Waals surface area contributed by atoms with Gasteiger partial charge in [0.05, 0.1) is 12.1 Å². The summed E-state index contributed by atoms with van der Waals surface area (Å²) in [6, 6.07) is 8.32. The normalized spacial score (nSPS) is 11.3. The van der Waals surface area contributed by atoms with Gasteiger partial charge >= 0.3 is 5.97 Å². The van der Waals surface area contributed by atoms with Crippen LogP contribution >= 0.6 is 11.3 Å². The number of nitrogens with one attached hydrogen (secondary N) is 1. The third-order valence-electron chi connectivity index (χ3n) is 3.85. The number of H-pyrrole nitrogens is 1. The lowest BCUT2D eigenvalue weighted by atomic mass is 10.00. The molecule has 0 saturated heterocycles. The van der Waals surface area contributed by atoms with Gasteiger partial charge in [0.15, 0.2) is 0 Å². The molecular formula is C18H19NO3S. The maximum absolute atomic E-state index is 10.9. The lowest BCUT2D eigenvalue weighted by Gasteiger charge is -2.07. The molecule has 0 bridgehead atoms. The summed E-state index contributed by atoms with van der Waals surface area (Å²) >= 11 is 1.47. The molecule has 0 amide bonds. The van der Waals surface area contributed by atoms with E-state index in [1.54, 1.807) is 0 Å². The number of aryl methyl sites for hydroxylation is 2. The zero-order valence-corrected chi connectivity index (χ0v) is 14.0. The third-order valence-corrected chi connectivity index (χ3v) is 4.90. The van der Waals surface area contributed by atoms with Crippen molar-refractivity contribution in [2.45, 2.75) is 26.7 Å². The fourth-order valence-corrected chi connectivity index (χ4v) is 4.14. The number of benzene rings is 1. The molecule has 120 valence electrons. The van der Waals surface area contributed by atoms with Crippen LogP contribution in [-0.4, -0.2) is 27.8 Å². The zero-order chi connectivity index (χ0) is 16.6. The fourth-order valence-electron chi connectivity index (χ4n) is 3.06. The lowest BCUT2D eigenvalue weighted by Crippen LogP contribution is -1.97. The molecule has 3 rings (SSSR count). The smallest absolute Gasteiger partial charge is 0.308 e. The summed E-state index contributed by atoms with van der Waals surface area (Å²) in [4.78, 5) is 16.1. The van der Waals surface area contributed by atoms with Gasteiger partial charge in [-0.3, -0.25) is 4.79 Å².